The van der Waals surface area contributed by atoms with Crippen molar-refractivity contribution in [3.05, 3.63) is 64.3 Å². The highest BCUT2D eigenvalue weighted by molar-refractivity contribution is 9.10. The summed E-state index contributed by atoms with van der Waals surface area (Å²) < 4.78 is 1.03. The summed E-state index contributed by atoms with van der Waals surface area (Å²) in [6, 6.07) is 16.2. The Bertz CT molecular complexity index is 1170. The van der Waals surface area contributed by atoms with Crippen molar-refractivity contribution >= 4 is 37.7 Å². The molecule has 0 bridgehead atoms. The maximum absolute atomic E-state index is 9.31. The van der Waals surface area contributed by atoms with Crippen molar-refractivity contribution in [1.29, 1.82) is 5.26 Å². The number of nitriles is 1. The van der Waals surface area contributed by atoms with Gasteiger partial charge in [0, 0.05) is 32.5 Å². The van der Waals surface area contributed by atoms with Crippen molar-refractivity contribution in [2.75, 3.05) is 6.54 Å². The number of H-pyrrole nitrogens is 1. The van der Waals surface area contributed by atoms with Crippen molar-refractivity contribution in [3.8, 4) is 17.3 Å². The van der Waals surface area contributed by atoms with E-state index in [1.807, 2.05) is 30.5 Å². The van der Waals surface area contributed by atoms with Crippen LogP contribution in [0.3, 0.4) is 0 Å². The zero-order chi connectivity index (χ0) is 18.8. The quantitative estimate of drug-likeness (QED) is 0.431. The highest BCUT2D eigenvalue weighted by Gasteiger charge is 2.17. The average Bonchev–Trinajstić information content (AvgIpc) is 3.06. The predicted molar refractivity (Wildman–Crippen MR) is 113 cm³/mol. The molecule has 27 heavy (non-hydrogen) atoms. The second kappa shape index (κ2) is 7.51. The second-order valence-corrected chi connectivity index (χ2v) is 7.45. The van der Waals surface area contributed by atoms with Gasteiger partial charge in [0.2, 0.25) is 0 Å². The minimum atomic E-state index is 0.673. The fourth-order valence-electron chi connectivity index (χ4n) is 3.59. The minimum Gasteiger partial charge on any atom is -0.354 e. The monoisotopic (exact) mass is 418 g/mol. The van der Waals surface area contributed by atoms with Gasteiger partial charge in [-0.25, -0.2) is 0 Å². The molecule has 0 saturated heterocycles. The average molecular weight is 419 g/mol. The van der Waals surface area contributed by atoms with E-state index in [0.29, 0.717) is 12.1 Å². The van der Waals surface area contributed by atoms with Gasteiger partial charge >= 0.3 is 0 Å². The summed E-state index contributed by atoms with van der Waals surface area (Å²) in [7, 11) is 0. The predicted octanol–water partition coefficient (Wildman–Crippen LogP) is 5.30. The van der Waals surface area contributed by atoms with Crippen LogP contribution in [0, 0.1) is 11.3 Å². The summed E-state index contributed by atoms with van der Waals surface area (Å²) in [5.74, 6) is 0. The number of halogens is 1. The molecule has 0 spiro atoms. The van der Waals surface area contributed by atoms with Crippen molar-refractivity contribution < 1.29 is 0 Å². The van der Waals surface area contributed by atoms with Gasteiger partial charge in [0.1, 0.15) is 0 Å². The van der Waals surface area contributed by atoms with E-state index < -0.39 is 0 Å². The SMILES string of the molecule is N#Cc1ccc2[nH]c(-c3ccc(Br)c4cccnc34)c(CCCCN)c2c1. The lowest BCUT2D eigenvalue weighted by atomic mass is 9.98. The maximum Gasteiger partial charge on any atom is 0.0991 e. The molecule has 0 radical (unpaired) electrons. The van der Waals surface area contributed by atoms with Crippen LogP contribution in [0.4, 0.5) is 0 Å². The van der Waals surface area contributed by atoms with Gasteiger partial charge < -0.3 is 10.7 Å². The number of rotatable bonds is 5. The molecule has 2 heterocycles. The van der Waals surface area contributed by atoms with Crippen LogP contribution in [0.15, 0.2) is 53.1 Å². The Morgan fingerprint density at radius 2 is 2.00 bits per heavy atom. The third kappa shape index (κ3) is 3.23. The van der Waals surface area contributed by atoms with Crippen molar-refractivity contribution in [1.82, 2.24) is 9.97 Å². The molecule has 5 heteroatoms. The zero-order valence-corrected chi connectivity index (χ0v) is 16.4. The summed E-state index contributed by atoms with van der Waals surface area (Å²) in [6.07, 6.45) is 4.72. The highest BCUT2D eigenvalue weighted by atomic mass is 79.9. The lowest BCUT2D eigenvalue weighted by Crippen LogP contribution is -1.99. The maximum atomic E-state index is 9.31. The third-order valence-corrected chi connectivity index (χ3v) is 5.59. The van der Waals surface area contributed by atoms with Crippen LogP contribution in [0.2, 0.25) is 0 Å². The lowest BCUT2D eigenvalue weighted by Gasteiger charge is -2.09. The number of hydrogen-bond donors (Lipinski definition) is 2. The van der Waals surface area contributed by atoms with Gasteiger partial charge in [0.05, 0.1) is 22.8 Å². The van der Waals surface area contributed by atoms with Crippen LogP contribution in [0.5, 0.6) is 0 Å². The molecule has 0 atom stereocenters. The van der Waals surface area contributed by atoms with E-state index in [0.717, 1.165) is 56.8 Å². The molecule has 0 aliphatic heterocycles. The Morgan fingerprint density at radius 3 is 2.81 bits per heavy atom. The van der Waals surface area contributed by atoms with E-state index >= 15 is 0 Å². The minimum absolute atomic E-state index is 0.673. The molecule has 0 saturated carbocycles. The van der Waals surface area contributed by atoms with Crippen molar-refractivity contribution in [2.45, 2.75) is 19.3 Å². The highest BCUT2D eigenvalue weighted by Crippen LogP contribution is 2.37. The van der Waals surface area contributed by atoms with Crippen LogP contribution < -0.4 is 5.73 Å². The summed E-state index contributed by atoms with van der Waals surface area (Å²) >= 11 is 3.63. The third-order valence-electron chi connectivity index (χ3n) is 4.90. The van der Waals surface area contributed by atoms with E-state index in [1.54, 1.807) is 0 Å². The summed E-state index contributed by atoms with van der Waals surface area (Å²) in [4.78, 5) is 8.21. The first-order valence-electron chi connectivity index (χ1n) is 9.01. The molecule has 0 aliphatic carbocycles. The molecule has 3 N–H and O–H groups in total. The smallest absolute Gasteiger partial charge is 0.0991 e. The first-order valence-corrected chi connectivity index (χ1v) is 9.80. The molecule has 2 aromatic carbocycles. The number of fused-ring (bicyclic) bond motifs is 2. The normalized spacial score (nSPS) is 11.1. The van der Waals surface area contributed by atoms with Gasteiger partial charge in [-0.15, -0.1) is 0 Å². The van der Waals surface area contributed by atoms with E-state index in [-0.39, 0.29) is 0 Å². The Morgan fingerprint density at radius 1 is 1.11 bits per heavy atom. The van der Waals surface area contributed by atoms with Gasteiger partial charge in [-0.3, -0.25) is 4.98 Å². The number of pyridine rings is 1. The number of nitrogens with one attached hydrogen (secondary N) is 1. The molecule has 4 rings (SSSR count). The number of benzene rings is 2. The number of aryl methyl sites for hydroxylation is 1. The van der Waals surface area contributed by atoms with Crippen molar-refractivity contribution in [3.63, 3.8) is 0 Å². The van der Waals surface area contributed by atoms with Gasteiger partial charge in [-0.05, 0) is 67.8 Å². The van der Waals surface area contributed by atoms with Gasteiger partial charge in [0.15, 0.2) is 0 Å². The number of aromatic amines is 1. The second-order valence-electron chi connectivity index (χ2n) is 6.59. The summed E-state index contributed by atoms with van der Waals surface area (Å²) in [5, 5.41) is 11.5. The van der Waals surface area contributed by atoms with Gasteiger partial charge in [0.25, 0.3) is 0 Å². The summed E-state index contributed by atoms with van der Waals surface area (Å²) in [5.41, 5.74) is 11.8. The van der Waals surface area contributed by atoms with Gasteiger partial charge in [-0.2, -0.15) is 5.26 Å². The molecule has 4 aromatic rings. The van der Waals surface area contributed by atoms with Crippen LogP contribution in [-0.2, 0) is 6.42 Å². The van der Waals surface area contributed by atoms with Crippen LogP contribution in [0.25, 0.3) is 33.1 Å². The number of unbranched alkanes of at least 4 members (excludes halogenated alkanes) is 1. The van der Waals surface area contributed by atoms with E-state index in [1.165, 1.54) is 5.56 Å². The molecular weight excluding hydrogens is 400 g/mol. The van der Waals surface area contributed by atoms with Crippen LogP contribution >= 0.6 is 15.9 Å². The number of aromatic nitrogens is 2. The molecule has 0 fully saturated rings. The molecule has 0 aliphatic rings. The molecule has 134 valence electrons. The Labute approximate surface area is 166 Å². The number of nitrogens with two attached hydrogens (primary N) is 1. The number of nitrogens with zero attached hydrogens (tertiary/aromatic N) is 2. The standard InChI is InChI=1S/C22H19BrN4/c23-19-8-7-17(21-16(19)5-3-11-26-21)22-15(4-1-2-10-24)18-12-14(13-25)6-9-20(18)27-22/h3,5-9,11-12,27H,1-2,4,10,24H2. The topological polar surface area (TPSA) is 78.5 Å². The van der Waals surface area contributed by atoms with E-state index in [2.05, 4.69) is 50.2 Å². The van der Waals surface area contributed by atoms with Crippen molar-refractivity contribution in [2.24, 2.45) is 5.73 Å². The largest absolute Gasteiger partial charge is 0.354 e. The van der Waals surface area contributed by atoms with Gasteiger partial charge in [-0.1, -0.05) is 22.0 Å². The zero-order valence-electron chi connectivity index (χ0n) is 14.8. The molecular formula is C22H19BrN4. The fraction of sp³-hybridized carbons (Fsp3) is 0.182. The number of hydrogen-bond acceptors (Lipinski definition) is 3. The first-order chi connectivity index (χ1) is 13.2. The Hall–Kier alpha value is -2.68. The van der Waals surface area contributed by atoms with Crippen LogP contribution in [-0.4, -0.2) is 16.5 Å². The summed E-state index contributed by atoms with van der Waals surface area (Å²) in [6.45, 7) is 0.684. The lowest BCUT2D eigenvalue weighted by molar-refractivity contribution is 0.748. The fourth-order valence-corrected chi connectivity index (χ4v) is 4.04. The Balaban J connectivity index is 1.97. The molecule has 2 aromatic heterocycles. The first kappa shape index (κ1) is 17.7. The molecule has 0 unspecified atom stereocenters. The molecule has 0 amide bonds. The van der Waals surface area contributed by atoms with E-state index in [9.17, 15) is 5.26 Å². The van der Waals surface area contributed by atoms with E-state index in [4.69, 9.17) is 5.73 Å². The molecule has 4 nitrogen and oxygen atoms in total. The Kier molecular flexibility index (Phi) is 4.93. The van der Waals surface area contributed by atoms with Crippen LogP contribution in [0.1, 0.15) is 24.0 Å².